The van der Waals surface area contributed by atoms with Gasteiger partial charge in [-0.1, -0.05) is 52.8 Å². The topological polar surface area (TPSA) is 17.1 Å². The van der Waals surface area contributed by atoms with Gasteiger partial charge in [-0.15, -0.1) is 0 Å². The molecule has 1 nitrogen and oxygen atoms in total. The quantitative estimate of drug-likeness (QED) is 0.481. The SMILES string of the molecule is CCC(=O)C(/C=C\C(C)C)=C/C(C)C. The molecule has 0 saturated carbocycles. The van der Waals surface area contributed by atoms with Crippen LogP contribution in [0.15, 0.2) is 23.8 Å². The molecule has 0 spiro atoms. The van der Waals surface area contributed by atoms with Crippen LogP contribution in [0.3, 0.4) is 0 Å². The highest BCUT2D eigenvalue weighted by atomic mass is 16.1. The number of carbonyl (C=O) groups is 1. The molecule has 0 rings (SSSR count). The minimum absolute atomic E-state index is 0.232. The van der Waals surface area contributed by atoms with Gasteiger partial charge in [-0.2, -0.15) is 0 Å². The van der Waals surface area contributed by atoms with Gasteiger partial charge in [0.2, 0.25) is 0 Å². The standard InChI is InChI=1S/C13H22O/c1-6-13(14)12(9-11(4)5)8-7-10(2)3/h7-11H,6H2,1-5H3/b8-7-,12-9+. The van der Waals surface area contributed by atoms with Gasteiger partial charge in [0.25, 0.3) is 0 Å². The predicted octanol–water partition coefficient (Wildman–Crippen LogP) is 3.76. The lowest BCUT2D eigenvalue weighted by molar-refractivity contribution is -0.115. The molecule has 0 bridgehead atoms. The molecule has 0 atom stereocenters. The maximum atomic E-state index is 11.5. The van der Waals surface area contributed by atoms with E-state index in [4.69, 9.17) is 0 Å². The van der Waals surface area contributed by atoms with Crippen molar-refractivity contribution in [2.24, 2.45) is 11.8 Å². The summed E-state index contributed by atoms with van der Waals surface area (Å²) in [5.41, 5.74) is 0.858. The van der Waals surface area contributed by atoms with Crippen molar-refractivity contribution >= 4 is 5.78 Å². The maximum absolute atomic E-state index is 11.5. The van der Waals surface area contributed by atoms with Crippen LogP contribution in [0.25, 0.3) is 0 Å². The first-order valence-corrected chi connectivity index (χ1v) is 5.40. The Hall–Kier alpha value is -0.850. The predicted molar refractivity (Wildman–Crippen MR) is 62.2 cm³/mol. The molecule has 0 aromatic rings. The molecule has 0 fully saturated rings. The Labute approximate surface area is 87.9 Å². The van der Waals surface area contributed by atoms with Crippen molar-refractivity contribution in [1.29, 1.82) is 0 Å². The first kappa shape index (κ1) is 13.2. The first-order chi connectivity index (χ1) is 6.47. The molecule has 0 unspecified atom stereocenters. The molecule has 0 aromatic heterocycles. The summed E-state index contributed by atoms with van der Waals surface area (Å²) in [5, 5.41) is 0. The fraction of sp³-hybridized carbons (Fsp3) is 0.615. The number of ketones is 1. The molecule has 0 heterocycles. The smallest absolute Gasteiger partial charge is 0.162 e. The van der Waals surface area contributed by atoms with Crippen LogP contribution in [0.5, 0.6) is 0 Å². The summed E-state index contributed by atoms with van der Waals surface area (Å²) in [5.74, 6) is 1.16. The minimum Gasteiger partial charge on any atom is -0.294 e. The highest BCUT2D eigenvalue weighted by Gasteiger charge is 2.04. The summed E-state index contributed by atoms with van der Waals surface area (Å²) < 4.78 is 0. The van der Waals surface area contributed by atoms with Gasteiger partial charge in [0.05, 0.1) is 0 Å². The molecule has 0 aliphatic carbocycles. The number of carbonyl (C=O) groups excluding carboxylic acids is 1. The Morgan fingerprint density at radius 2 is 1.71 bits per heavy atom. The van der Waals surface area contributed by atoms with Crippen molar-refractivity contribution in [2.45, 2.75) is 41.0 Å². The third kappa shape index (κ3) is 5.74. The van der Waals surface area contributed by atoms with E-state index in [2.05, 4.69) is 33.8 Å². The Kier molecular flexibility index (Phi) is 6.18. The van der Waals surface area contributed by atoms with Crippen LogP contribution in [-0.2, 0) is 4.79 Å². The van der Waals surface area contributed by atoms with Crippen LogP contribution < -0.4 is 0 Å². The van der Waals surface area contributed by atoms with Gasteiger partial charge in [-0.05, 0) is 11.8 Å². The maximum Gasteiger partial charge on any atom is 0.162 e. The monoisotopic (exact) mass is 194 g/mol. The Morgan fingerprint density at radius 1 is 1.14 bits per heavy atom. The third-order valence-corrected chi connectivity index (χ3v) is 1.82. The summed E-state index contributed by atoms with van der Waals surface area (Å²) in [6.45, 7) is 10.3. The van der Waals surface area contributed by atoms with Crippen molar-refractivity contribution in [2.75, 3.05) is 0 Å². The zero-order chi connectivity index (χ0) is 11.1. The molecule has 0 aromatic carbocycles. The van der Waals surface area contributed by atoms with Gasteiger partial charge in [-0.25, -0.2) is 0 Å². The summed E-state index contributed by atoms with van der Waals surface area (Å²) >= 11 is 0. The normalized spacial score (nSPS) is 13.2. The largest absolute Gasteiger partial charge is 0.294 e. The van der Waals surface area contributed by atoms with E-state index in [1.54, 1.807) is 0 Å². The summed E-state index contributed by atoms with van der Waals surface area (Å²) in [6, 6.07) is 0. The van der Waals surface area contributed by atoms with E-state index in [1.165, 1.54) is 0 Å². The van der Waals surface area contributed by atoms with Crippen LogP contribution in [0.1, 0.15) is 41.0 Å². The van der Waals surface area contributed by atoms with E-state index in [0.29, 0.717) is 18.3 Å². The molecule has 14 heavy (non-hydrogen) atoms. The summed E-state index contributed by atoms with van der Waals surface area (Å²) in [7, 11) is 0. The molecule has 0 radical (unpaired) electrons. The van der Waals surface area contributed by atoms with Crippen LogP contribution in [0, 0.1) is 11.8 Å². The lowest BCUT2D eigenvalue weighted by Crippen LogP contribution is -2.00. The average Bonchev–Trinajstić information content (AvgIpc) is 2.10. The lowest BCUT2D eigenvalue weighted by atomic mass is 10.0. The molecular weight excluding hydrogens is 172 g/mol. The molecule has 80 valence electrons. The van der Waals surface area contributed by atoms with Gasteiger partial charge >= 0.3 is 0 Å². The van der Waals surface area contributed by atoms with E-state index in [-0.39, 0.29) is 5.78 Å². The second-order valence-electron chi connectivity index (χ2n) is 4.25. The van der Waals surface area contributed by atoms with Crippen molar-refractivity contribution < 1.29 is 4.79 Å². The molecule has 0 saturated heterocycles. The van der Waals surface area contributed by atoms with Crippen molar-refractivity contribution in [1.82, 2.24) is 0 Å². The fourth-order valence-electron chi connectivity index (χ4n) is 1.10. The number of Topliss-reactive ketones (excluding diaryl/α,β-unsaturated/α-hetero) is 1. The van der Waals surface area contributed by atoms with E-state index < -0.39 is 0 Å². The zero-order valence-electron chi connectivity index (χ0n) is 10.0. The van der Waals surface area contributed by atoms with Crippen LogP contribution in [0.2, 0.25) is 0 Å². The van der Waals surface area contributed by atoms with Gasteiger partial charge in [0.1, 0.15) is 0 Å². The number of hydrogen-bond donors (Lipinski definition) is 0. The second-order valence-corrected chi connectivity index (χ2v) is 4.25. The third-order valence-electron chi connectivity index (χ3n) is 1.82. The molecule has 0 aliphatic heterocycles. The second kappa shape index (κ2) is 6.58. The highest BCUT2D eigenvalue weighted by molar-refractivity contribution is 5.97. The van der Waals surface area contributed by atoms with E-state index in [9.17, 15) is 4.79 Å². The Balaban J connectivity index is 4.65. The first-order valence-electron chi connectivity index (χ1n) is 5.40. The average molecular weight is 194 g/mol. The molecule has 0 N–H and O–H groups in total. The number of rotatable bonds is 5. The summed E-state index contributed by atoms with van der Waals surface area (Å²) in [4.78, 5) is 11.5. The van der Waals surface area contributed by atoms with Gasteiger partial charge in [0, 0.05) is 12.0 Å². The van der Waals surface area contributed by atoms with E-state index in [1.807, 2.05) is 19.1 Å². The van der Waals surface area contributed by atoms with Crippen LogP contribution in [-0.4, -0.2) is 5.78 Å². The Bertz CT molecular complexity index is 232. The van der Waals surface area contributed by atoms with Gasteiger partial charge < -0.3 is 0 Å². The van der Waals surface area contributed by atoms with Crippen molar-refractivity contribution in [3.63, 3.8) is 0 Å². The van der Waals surface area contributed by atoms with Gasteiger partial charge in [-0.3, -0.25) is 4.79 Å². The van der Waals surface area contributed by atoms with Crippen molar-refractivity contribution in [3.8, 4) is 0 Å². The minimum atomic E-state index is 0.232. The highest BCUT2D eigenvalue weighted by Crippen LogP contribution is 2.09. The fourth-order valence-corrected chi connectivity index (χ4v) is 1.10. The van der Waals surface area contributed by atoms with Crippen LogP contribution in [0.4, 0.5) is 0 Å². The molecule has 0 aliphatic rings. The molecule has 1 heteroatoms. The van der Waals surface area contributed by atoms with E-state index >= 15 is 0 Å². The summed E-state index contributed by atoms with van der Waals surface area (Å²) in [6.07, 6.45) is 6.64. The van der Waals surface area contributed by atoms with E-state index in [0.717, 1.165) is 5.57 Å². The van der Waals surface area contributed by atoms with Crippen molar-refractivity contribution in [3.05, 3.63) is 23.8 Å². The Morgan fingerprint density at radius 3 is 2.07 bits per heavy atom. The molecule has 0 amide bonds. The lowest BCUT2D eigenvalue weighted by Gasteiger charge is -2.02. The van der Waals surface area contributed by atoms with Gasteiger partial charge in [0.15, 0.2) is 5.78 Å². The van der Waals surface area contributed by atoms with Crippen LogP contribution >= 0.6 is 0 Å². The zero-order valence-corrected chi connectivity index (χ0v) is 10.0. The molecular formula is C13H22O. The number of hydrogen-bond acceptors (Lipinski definition) is 1. The number of allylic oxidation sites excluding steroid dienone is 4.